The highest BCUT2D eigenvalue weighted by molar-refractivity contribution is 7.17. The average Bonchev–Trinajstić information content (AvgIpc) is 3.22. The number of halogens is 1. The molecule has 0 radical (unpaired) electrons. The van der Waals surface area contributed by atoms with E-state index in [1.807, 2.05) is 0 Å². The van der Waals surface area contributed by atoms with Crippen molar-refractivity contribution in [3.8, 4) is 5.75 Å². The second-order valence-electron chi connectivity index (χ2n) is 7.57. The van der Waals surface area contributed by atoms with Crippen LogP contribution < -0.4 is 15.4 Å². The van der Waals surface area contributed by atoms with Gasteiger partial charge in [0.25, 0.3) is 11.8 Å². The van der Waals surface area contributed by atoms with Crippen LogP contribution in [-0.2, 0) is 17.7 Å². The molecule has 3 aromatic rings. The minimum absolute atomic E-state index is 0.272. The van der Waals surface area contributed by atoms with Crippen LogP contribution >= 0.6 is 22.9 Å². The SMILES string of the molecule is CCOC(=O)N1CCc2c(sc(NC(=O)c3cccnc3)c2C(=O)Nc2cc(Cl)ccc2OC)C1. The van der Waals surface area contributed by atoms with Gasteiger partial charge in [0.05, 0.1) is 37.1 Å². The predicted octanol–water partition coefficient (Wildman–Crippen LogP) is 4.82. The molecule has 1 aliphatic rings. The molecule has 0 spiro atoms. The predicted molar refractivity (Wildman–Crippen MR) is 134 cm³/mol. The maximum absolute atomic E-state index is 13.5. The summed E-state index contributed by atoms with van der Waals surface area (Å²) in [6.45, 7) is 2.69. The monoisotopic (exact) mass is 514 g/mol. The molecule has 0 fully saturated rings. The summed E-state index contributed by atoms with van der Waals surface area (Å²) in [6, 6.07) is 8.20. The molecule has 0 saturated carbocycles. The Balaban J connectivity index is 1.69. The first-order valence-electron chi connectivity index (χ1n) is 10.8. The number of thiophene rings is 1. The molecule has 11 heteroatoms. The van der Waals surface area contributed by atoms with Crippen molar-refractivity contribution in [2.24, 2.45) is 0 Å². The fourth-order valence-electron chi connectivity index (χ4n) is 3.74. The van der Waals surface area contributed by atoms with Crippen molar-refractivity contribution in [2.45, 2.75) is 19.9 Å². The fourth-order valence-corrected chi connectivity index (χ4v) is 5.17. The van der Waals surface area contributed by atoms with Crippen LogP contribution in [0.25, 0.3) is 0 Å². The van der Waals surface area contributed by atoms with Crippen LogP contribution in [0.4, 0.5) is 15.5 Å². The third-order valence-corrected chi connectivity index (χ3v) is 6.74. The van der Waals surface area contributed by atoms with E-state index >= 15 is 0 Å². The van der Waals surface area contributed by atoms with Gasteiger partial charge in [-0.3, -0.25) is 14.6 Å². The molecule has 35 heavy (non-hydrogen) atoms. The molecule has 182 valence electrons. The van der Waals surface area contributed by atoms with Crippen LogP contribution in [0.15, 0.2) is 42.7 Å². The van der Waals surface area contributed by atoms with E-state index in [1.54, 1.807) is 48.4 Å². The smallest absolute Gasteiger partial charge is 0.410 e. The van der Waals surface area contributed by atoms with Gasteiger partial charge < -0.3 is 25.0 Å². The first-order chi connectivity index (χ1) is 16.9. The van der Waals surface area contributed by atoms with Crippen molar-refractivity contribution in [3.63, 3.8) is 0 Å². The molecule has 0 aliphatic carbocycles. The number of pyridine rings is 1. The number of aromatic nitrogens is 1. The zero-order valence-electron chi connectivity index (χ0n) is 19.1. The first kappa shape index (κ1) is 24.5. The average molecular weight is 515 g/mol. The summed E-state index contributed by atoms with van der Waals surface area (Å²) >= 11 is 7.38. The number of carbonyl (C=O) groups excluding carboxylic acids is 3. The third kappa shape index (κ3) is 5.39. The van der Waals surface area contributed by atoms with E-state index in [2.05, 4.69) is 15.6 Å². The van der Waals surface area contributed by atoms with Crippen molar-refractivity contribution >= 4 is 51.5 Å². The van der Waals surface area contributed by atoms with Crippen LogP contribution in [0, 0.1) is 0 Å². The Bertz CT molecular complexity index is 1260. The molecule has 0 atom stereocenters. The van der Waals surface area contributed by atoms with E-state index in [4.69, 9.17) is 21.1 Å². The quantitative estimate of drug-likeness (QED) is 0.488. The van der Waals surface area contributed by atoms with Crippen molar-refractivity contribution < 1.29 is 23.9 Å². The van der Waals surface area contributed by atoms with E-state index in [0.717, 1.165) is 10.4 Å². The molecule has 2 N–H and O–H groups in total. The molecule has 9 nitrogen and oxygen atoms in total. The molecule has 0 bridgehead atoms. The molecule has 2 aromatic heterocycles. The van der Waals surface area contributed by atoms with Gasteiger partial charge in [-0.25, -0.2) is 4.79 Å². The number of hydrogen-bond donors (Lipinski definition) is 2. The number of methoxy groups -OCH3 is 1. The van der Waals surface area contributed by atoms with Crippen molar-refractivity contribution in [3.05, 3.63) is 69.3 Å². The highest BCUT2D eigenvalue weighted by Gasteiger charge is 2.31. The maximum Gasteiger partial charge on any atom is 0.410 e. The number of nitrogens with zero attached hydrogens (tertiary/aromatic N) is 2. The number of amides is 3. The van der Waals surface area contributed by atoms with Crippen LogP contribution in [0.1, 0.15) is 38.1 Å². The molecular weight excluding hydrogens is 492 g/mol. The Labute approximate surface area is 211 Å². The second kappa shape index (κ2) is 10.7. The minimum atomic E-state index is -0.422. The normalized spacial score (nSPS) is 12.5. The molecule has 1 aliphatic heterocycles. The fraction of sp³-hybridized carbons (Fsp3) is 0.250. The van der Waals surface area contributed by atoms with Gasteiger partial charge in [-0.2, -0.15) is 0 Å². The summed E-state index contributed by atoms with van der Waals surface area (Å²) in [6.07, 6.45) is 3.04. The highest BCUT2D eigenvalue weighted by atomic mass is 35.5. The van der Waals surface area contributed by atoms with Crippen molar-refractivity contribution in [1.82, 2.24) is 9.88 Å². The first-order valence-corrected chi connectivity index (χ1v) is 12.0. The number of carbonyl (C=O) groups is 3. The lowest BCUT2D eigenvalue weighted by Crippen LogP contribution is -2.36. The Morgan fingerprint density at radius 2 is 2.03 bits per heavy atom. The number of fused-ring (bicyclic) bond motifs is 1. The summed E-state index contributed by atoms with van der Waals surface area (Å²) in [7, 11) is 1.49. The third-order valence-electron chi connectivity index (χ3n) is 5.37. The second-order valence-corrected chi connectivity index (χ2v) is 9.11. The Morgan fingerprint density at radius 3 is 2.74 bits per heavy atom. The molecule has 0 unspecified atom stereocenters. The summed E-state index contributed by atoms with van der Waals surface area (Å²) in [5.74, 6) is -0.372. The lowest BCUT2D eigenvalue weighted by Gasteiger charge is -2.26. The van der Waals surface area contributed by atoms with Gasteiger partial charge in [-0.05, 0) is 49.2 Å². The van der Waals surface area contributed by atoms with Crippen LogP contribution in [-0.4, -0.2) is 48.1 Å². The molecule has 3 amide bonds. The summed E-state index contributed by atoms with van der Waals surface area (Å²) in [4.78, 5) is 45.0. The van der Waals surface area contributed by atoms with Gasteiger partial charge in [-0.1, -0.05) is 11.6 Å². The zero-order valence-corrected chi connectivity index (χ0v) is 20.7. The molecule has 4 rings (SSSR count). The van der Waals surface area contributed by atoms with Gasteiger partial charge in [-0.15, -0.1) is 11.3 Å². The van der Waals surface area contributed by atoms with Gasteiger partial charge in [0, 0.05) is 28.8 Å². The van der Waals surface area contributed by atoms with Crippen molar-refractivity contribution in [1.29, 1.82) is 0 Å². The standard InChI is InChI=1S/C24H23ClN4O5S/c1-3-34-24(32)29-10-8-16-19(13-29)35-23(28-21(30)14-5-4-9-26-12-14)20(16)22(31)27-17-11-15(25)6-7-18(17)33-2/h4-7,9,11-12H,3,8,10,13H2,1-2H3,(H,27,31)(H,28,30). The number of benzene rings is 1. The van der Waals surface area contributed by atoms with Gasteiger partial charge in [0.1, 0.15) is 10.8 Å². The topological polar surface area (TPSA) is 110 Å². The van der Waals surface area contributed by atoms with Crippen molar-refractivity contribution in [2.75, 3.05) is 30.9 Å². The van der Waals surface area contributed by atoms with Gasteiger partial charge in [0.15, 0.2) is 0 Å². The largest absolute Gasteiger partial charge is 0.495 e. The zero-order chi connectivity index (χ0) is 24.9. The molecule has 0 saturated heterocycles. The highest BCUT2D eigenvalue weighted by Crippen LogP contribution is 2.39. The number of ether oxygens (including phenoxy) is 2. The van der Waals surface area contributed by atoms with Gasteiger partial charge in [0.2, 0.25) is 0 Å². The molecular formula is C24H23ClN4O5S. The number of rotatable bonds is 6. The maximum atomic E-state index is 13.5. The Morgan fingerprint density at radius 1 is 1.20 bits per heavy atom. The molecule has 1 aromatic carbocycles. The van der Waals surface area contributed by atoms with Crippen LogP contribution in [0.2, 0.25) is 5.02 Å². The van der Waals surface area contributed by atoms with E-state index in [1.165, 1.54) is 24.6 Å². The van der Waals surface area contributed by atoms with E-state index < -0.39 is 17.9 Å². The van der Waals surface area contributed by atoms with Crippen LogP contribution in [0.5, 0.6) is 5.75 Å². The van der Waals surface area contributed by atoms with Crippen LogP contribution in [0.3, 0.4) is 0 Å². The summed E-state index contributed by atoms with van der Waals surface area (Å²) in [5.41, 5.74) is 1.87. The molecule has 3 heterocycles. The Hall–Kier alpha value is -3.63. The lowest BCUT2D eigenvalue weighted by molar-refractivity contribution is 0.101. The lowest BCUT2D eigenvalue weighted by atomic mass is 10.0. The van der Waals surface area contributed by atoms with Gasteiger partial charge >= 0.3 is 6.09 Å². The number of hydrogen-bond acceptors (Lipinski definition) is 7. The Kier molecular flexibility index (Phi) is 7.52. The number of nitrogens with one attached hydrogen (secondary N) is 2. The summed E-state index contributed by atoms with van der Waals surface area (Å²) < 4.78 is 10.5. The van der Waals surface area contributed by atoms with E-state index in [-0.39, 0.29) is 13.2 Å². The number of anilines is 2. The van der Waals surface area contributed by atoms with E-state index in [0.29, 0.717) is 45.6 Å². The minimum Gasteiger partial charge on any atom is -0.495 e. The summed E-state index contributed by atoms with van der Waals surface area (Å²) in [5, 5.41) is 6.51. The van der Waals surface area contributed by atoms with E-state index in [9.17, 15) is 14.4 Å².